The predicted octanol–water partition coefficient (Wildman–Crippen LogP) is 4.78. The molecule has 144 valence electrons. The van der Waals surface area contributed by atoms with E-state index in [-0.39, 0.29) is 17.9 Å². The van der Waals surface area contributed by atoms with Gasteiger partial charge in [-0.3, -0.25) is 9.59 Å². The van der Waals surface area contributed by atoms with Gasteiger partial charge in [0.05, 0.1) is 16.8 Å². The molecule has 0 unspecified atom stereocenters. The Kier molecular flexibility index (Phi) is 6.04. The smallest absolute Gasteiger partial charge is 0.252 e. The molecule has 0 radical (unpaired) electrons. The molecule has 0 saturated carbocycles. The lowest BCUT2D eigenvalue weighted by Crippen LogP contribution is -2.32. The van der Waals surface area contributed by atoms with Crippen LogP contribution in [-0.4, -0.2) is 22.8 Å². The van der Waals surface area contributed by atoms with E-state index in [1.807, 2.05) is 75.4 Å². The molecule has 3 aromatic rings. The van der Waals surface area contributed by atoms with Crippen LogP contribution in [0, 0.1) is 0 Å². The second-order valence-corrected chi connectivity index (χ2v) is 6.83. The van der Waals surface area contributed by atoms with Crippen molar-refractivity contribution >= 4 is 28.4 Å². The number of amides is 2. The van der Waals surface area contributed by atoms with Crippen LogP contribution in [0.15, 0.2) is 54.6 Å². The minimum Gasteiger partial charge on any atom is -0.350 e. The van der Waals surface area contributed by atoms with E-state index in [4.69, 9.17) is 4.98 Å². The molecule has 0 aliphatic heterocycles. The Bertz CT molecular complexity index is 996. The van der Waals surface area contributed by atoms with Gasteiger partial charge < -0.3 is 10.6 Å². The van der Waals surface area contributed by atoms with Crippen molar-refractivity contribution in [3.05, 3.63) is 60.2 Å². The largest absolute Gasteiger partial charge is 0.350 e. The molecule has 0 saturated heterocycles. The Morgan fingerprint density at radius 3 is 2.43 bits per heavy atom. The Labute approximate surface area is 165 Å². The van der Waals surface area contributed by atoms with Crippen LogP contribution in [0.1, 0.15) is 44.0 Å². The molecule has 0 aliphatic rings. The molecule has 0 fully saturated rings. The van der Waals surface area contributed by atoms with E-state index in [1.54, 1.807) is 0 Å². The van der Waals surface area contributed by atoms with Crippen molar-refractivity contribution in [2.24, 2.45) is 0 Å². The molecular weight excluding hydrogens is 350 g/mol. The van der Waals surface area contributed by atoms with Crippen LogP contribution < -0.4 is 10.6 Å². The maximum atomic E-state index is 12.8. The molecule has 28 heavy (non-hydrogen) atoms. The van der Waals surface area contributed by atoms with E-state index in [0.717, 1.165) is 34.3 Å². The fourth-order valence-electron chi connectivity index (χ4n) is 2.89. The van der Waals surface area contributed by atoms with E-state index >= 15 is 0 Å². The van der Waals surface area contributed by atoms with Gasteiger partial charge in [0.2, 0.25) is 5.91 Å². The molecule has 0 bridgehead atoms. The summed E-state index contributed by atoms with van der Waals surface area (Å²) in [7, 11) is 0. The zero-order chi connectivity index (χ0) is 20.1. The monoisotopic (exact) mass is 375 g/mol. The lowest BCUT2D eigenvalue weighted by molar-refractivity contribution is -0.115. The number of fused-ring (bicyclic) bond motifs is 1. The van der Waals surface area contributed by atoms with Gasteiger partial charge in [-0.1, -0.05) is 44.2 Å². The third-order valence-corrected chi connectivity index (χ3v) is 4.74. The van der Waals surface area contributed by atoms with Crippen LogP contribution in [0.2, 0.25) is 0 Å². The van der Waals surface area contributed by atoms with Gasteiger partial charge in [-0.25, -0.2) is 4.98 Å². The molecule has 0 spiro atoms. The summed E-state index contributed by atoms with van der Waals surface area (Å²) in [5.74, 6) is -0.124. The molecule has 2 aromatic carbocycles. The number of nitrogens with zero attached hydrogens (tertiary/aromatic N) is 1. The van der Waals surface area contributed by atoms with Crippen LogP contribution in [0.25, 0.3) is 22.2 Å². The number of nitrogens with one attached hydrogen (secondary N) is 2. The third-order valence-electron chi connectivity index (χ3n) is 4.74. The van der Waals surface area contributed by atoms with Crippen molar-refractivity contribution < 1.29 is 9.59 Å². The van der Waals surface area contributed by atoms with Crippen molar-refractivity contribution in [1.82, 2.24) is 10.3 Å². The third kappa shape index (κ3) is 4.36. The zero-order valence-corrected chi connectivity index (χ0v) is 16.5. The normalized spacial score (nSPS) is 11.8. The fourth-order valence-corrected chi connectivity index (χ4v) is 2.89. The molecule has 0 aliphatic carbocycles. The molecule has 3 rings (SSSR count). The van der Waals surface area contributed by atoms with Gasteiger partial charge in [-0.2, -0.15) is 0 Å². The lowest BCUT2D eigenvalue weighted by atomic mass is 10.0. The summed E-state index contributed by atoms with van der Waals surface area (Å²) in [4.78, 5) is 29.1. The van der Waals surface area contributed by atoms with Gasteiger partial charge in [0.15, 0.2) is 0 Å². The number of rotatable bonds is 6. The highest BCUT2D eigenvalue weighted by Gasteiger charge is 2.15. The molecule has 1 atom stereocenters. The van der Waals surface area contributed by atoms with Gasteiger partial charge in [0, 0.05) is 29.1 Å². The summed E-state index contributed by atoms with van der Waals surface area (Å²) < 4.78 is 0. The first-order valence-corrected chi connectivity index (χ1v) is 9.62. The highest BCUT2D eigenvalue weighted by atomic mass is 16.2. The fraction of sp³-hybridized carbons (Fsp3) is 0.261. The van der Waals surface area contributed by atoms with E-state index in [1.165, 1.54) is 0 Å². The minimum atomic E-state index is -0.0963. The maximum absolute atomic E-state index is 12.8. The second-order valence-electron chi connectivity index (χ2n) is 6.83. The van der Waals surface area contributed by atoms with Crippen molar-refractivity contribution in [2.75, 3.05) is 5.32 Å². The van der Waals surface area contributed by atoms with Crippen LogP contribution in [-0.2, 0) is 4.79 Å². The first-order chi connectivity index (χ1) is 13.5. The van der Waals surface area contributed by atoms with Gasteiger partial charge in [0.25, 0.3) is 5.91 Å². The Hall–Kier alpha value is -3.21. The summed E-state index contributed by atoms with van der Waals surface area (Å²) in [6, 6.07) is 17.1. The molecular formula is C23H25N3O2. The Morgan fingerprint density at radius 1 is 1.04 bits per heavy atom. The van der Waals surface area contributed by atoms with E-state index in [0.29, 0.717) is 12.0 Å². The van der Waals surface area contributed by atoms with Crippen molar-refractivity contribution in [2.45, 2.75) is 39.7 Å². The van der Waals surface area contributed by atoms with Gasteiger partial charge in [0.1, 0.15) is 0 Å². The number of hydrogen-bond donors (Lipinski definition) is 2. The zero-order valence-electron chi connectivity index (χ0n) is 16.5. The highest BCUT2D eigenvalue weighted by Crippen LogP contribution is 2.26. The van der Waals surface area contributed by atoms with E-state index < -0.39 is 0 Å². The number of carbonyl (C=O) groups excluding carboxylic acids is 2. The van der Waals surface area contributed by atoms with Gasteiger partial charge >= 0.3 is 0 Å². The molecule has 1 heterocycles. The Balaban J connectivity index is 2.00. The SMILES string of the molecule is CCC(=O)Nc1ccc(-c2cc(C(=O)N[C@@H](C)CC)c3ccccc3n2)cc1. The number of hydrogen-bond acceptors (Lipinski definition) is 3. The maximum Gasteiger partial charge on any atom is 0.252 e. The average molecular weight is 375 g/mol. The summed E-state index contributed by atoms with van der Waals surface area (Å²) in [6.45, 7) is 5.85. The molecule has 2 amide bonds. The topological polar surface area (TPSA) is 71.1 Å². The van der Waals surface area contributed by atoms with Crippen LogP contribution in [0.4, 0.5) is 5.69 Å². The van der Waals surface area contributed by atoms with Gasteiger partial charge in [-0.15, -0.1) is 0 Å². The molecule has 5 heteroatoms. The second kappa shape index (κ2) is 8.65. The summed E-state index contributed by atoms with van der Waals surface area (Å²) in [6.07, 6.45) is 1.30. The van der Waals surface area contributed by atoms with Crippen molar-refractivity contribution in [3.63, 3.8) is 0 Å². The number of para-hydroxylation sites is 1. The van der Waals surface area contributed by atoms with Crippen LogP contribution in [0.3, 0.4) is 0 Å². The van der Waals surface area contributed by atoms with Crippen molar-refractivity contribution in [1.29, 1.82) is 0 Å². The lowest BCUT2D eigenvalue weighted by Gasteiger charge is -2.14. The number of carbonyl (C=O) groups is 2. The van der Waals surface area contributed by atoms with E-state index in [9.17, 15) is 9.59 Å². The number of anilines is 1. The van der Waals surface area contributed by atoms with Gasteiger partial charge in [-0.05, 0) is 37.6 Å². The quantitative estimate of drug-likeness (QED) is 0.651. The first-order valence-electron chi connectivity index (χ1n) is 9.62. The number of aromatic nitrogens is 1. The summed E-state index contributed by atoms with van der Waals surface area (Å²) in [5, 5.41) is 6.71. The predicted molar refractivity (Wildman–Crippen MR) is 113 cm³/mol. The van der Waals surface area contributed by atoms with Crippen molar-refractivity contribution in [3.8, 4) is 11.3 Å². The number of pyridine rings is 1. The van der Waals surface area contributed by atoms with Crippen LogP contribution in [0.5, 0.6) is 0 Å². The number of benzene rings is 2. The molecule has 5 nitrogen and oxygen atoms in total. The average Bonchev–Trinajstić information content (AvgIpc) is 2.73. The molecule has 2 N–H and O–H groups in total. The first kappa shape index (κ1) is 19.5. The van der Waals surface area contributed by atoms with E-state index in [2.05, 4.69) is 10.6 Å². The minimum absolute atomic E-state index is 0.0272. The summed E-state index contributed by atoms with van der Waals surface area (Å²) >= 11 is 0. The Morgan fingerprint density at radius 2 is 1.75 bits per heavy atom. The van der Waals surface area contributed by atoms with Crippen LogP contribution >= 0.6 is 0 Å². The summed E-state index contributed by atoms with van der Waals surface area (Å²) in [5.41, 5.74) is 3.74. The standard InChI is InChI=1S/C23H25N3O2/c1-4-15(3)24-23(28)19-14-21(26-20-9-7-6-8-18(19)20)16-10-12-17(13-11-16)25-22(27)5-2/h6-15H,4-5H2,1-3H3,(H,24,28)(H,25,27)/t15-/m0/s1. The molecule has 1 aromatic heterocycles. The highest BCUT2D eigenvalue weighted by molar-refractivity contribution is 6.07.